The van der Waals surface area contributed by atoms with Crippen molar-refractivity contribution >= 4 is 34.6 Å². The number of amides is 3. The fourth-order valence-corrected chi connectivity index (χ4v) is 4.53. The zero-order valence-corrected chi connectivity index (χ0v) is 16.3. The van der Waals surface area contributed by atoms with Crippen LogP contribution in [0.3, 0.4) is 0 Å². The number of anilines is 1. The van der Waals surface area contributed by atoms with Gasteiger partial charge >= 0.3 is 6.03 Å². The summed E-state index contributed by atoms with van der Waals surface area (Å²) in [5, 5.41) is 2.98. The highest BCUT2D eigenvalue weighted by Gasteiger charge is 2.32. The first-order valence-corrected chi connectivity index (χ1v) is 10.4. The van der Waals surface area contributed by atoms with E-state index in [1.54, 1.807) is 0 Å². The van der Waals surface area contributed by atoms with Gasteiger partial charge in [-0.25, -0.2) is 13.6 Å². The predicted octanol–water partition coefficient (Wildman–Crippen LogP) is 3.55. The first-order chi connectivity index (χ1) is 13.4. The number of hydrogen-bond acceptors (Lipinski definition) is 4. The number of urea groups is 1. The third kappa shape index (κ3) is 5.21. The van der Waals surface area contributed by atoms with Crippen molar-refractivity contribution in [3.05, 3.63) is 29.8 Å². The molecule has 1 aromatic carbocycles. The van der Waals surface area contributed by atoms with Gasteiger partial charge < -0.3 is 11.1 Å². The number of nitrogens with zero attached hydrogens (tertiary/aromatic N) is 2. The van der Waals surface area contributed by atoms with Crippen molar-refractivity contribution in [2.75, 3.05) is 11.4 Å². The monoisotopic (exact) mass is 410 g/mol. The van der Waals surface area contributed by atoms with Crippen LogP contribution >= 0.6 is 11.8 Å². The molecule has 2 fully saturated rings. The Morgan fingerprint density at radius 1 is 1.25 bits per heavy atom. The van der Waals surface area contributed by atoms with Crippen LogP contribution in [0.2, 0.25) is 0 Å². The summed E-state index contributed by atoms with van der Waals surface area (Å²) in [5.41, 5.74) is 5.25. The van der Waals surface area contributed by atoms with Gasteiger partial charge in [-0.2, -0.15) is 0 Å². The normalized spacial score (nSPS) is 22.1. The Hall–Kier alpha value is -2.16. The maximum atomic E-state index is 14.0. The summed E-state index contributed by atoms with van der Waals surface area (Å²) in [7, 11) is 0. The molecular weight excluding hydrogens is 386 g/mol. The molecule has 1 heterocycles. The van der Waals surface area contributed by atoms with Gasteiger partial charge in [0.05, 0.1) is 17.0 Å². The van der Waals surface area contributed by atoms with Crippen molar-refractivity contribution in [2.24, 2.45) is 10.7 Å². The average Bonchev–Trinajstić information content (AvgIpc) is 2.82. The van der Waals surface area contributed by atoms with Gasteiger partial charge in [0.2, 0.25) is 5.91 Å². The van der Waals surface area contributed by atoms with E-state index >= 15 is 0 Å². The maximum absolute atomic E-state index is 14.0. The second kappa shape index (κ2) is 9.36. The molecule has 9 heteroatoms. The van der Waals surface area contributed by atoms with Gasteiger partial charge in [0.1, 0.15) is 11.6 Å². The van der Waals surface area contributed by atoms with Crippen molar-refractivity contribution in [1.29, 1.82) is 0 Å². The van der Waals surface area contributed by atoms with Gasteiger partial charge in [-0.05, 0) is 31.4 Å². The SMILES string of the molecule is NC(=O)N(CCC1SC(=NC2CCCCCC2)NC1=O)c1ccc(F)cc1F. The van der Waals surface area contributed by atoms with E-state index in [0.717, 1.165) is 42.7 Å². The van der Waals surface area contributed by atoms with Crippen molar-refractivity contribution in [3.8, 4) is 0 Å². The summed E-state index contributed by atoms with van der Waals surface area (Å²) in [6, 6.07) is 2.29. The molecule has 3 amide bonds. The molecule has 0 spiro atoms. The van der Waals surface area contributed by atoms with Crippen molar-refractivity contribution in [3.63, 3.8) is 0 Å². The Bertz CT molecular complexity index is 766. The quantitative estimate of drug-likeness (QED) is 0.728. The molecule has 6 nitrogen and oxygen atoms in total. The number of amidine groups is 1. The van der Waals surface area contributed by atoms with Gasteiger partial charge in [-0.15, -0.1) is 0 Å². The number of primary amides is 1. The molecule has 1 aliphatic heterocycles. The molecule has 0 radical (unpaired) electrons. The van der Waals surface area contributed by atoms with Crippen molar-refractivity contribution < 1.29 is 18.4 Å². The largest absolute Gasteiger partial charge is 0.351 e. The zero-order valence-electron chi connectivity index (χ0n) is 15.5. The van der Waals surface area contributed by atoms with E-state index in [-0.39, 0.29) is 30.6 Å². The van der Waals surface area contributed by atoms with Gasteiger partial charge in [-0.1, -0.05) is 37.4 Å². The second-order valence-electron chi connectivity index (χ2n) is 7.05. The van der Waals surface area contributed by atoms with Gasteiger partial charge in [0.15, 0.2) is 5.17 Å². The van der Waals surface area contributed by atoms with Crippen molar-refractivity contribution in [2.45, 2.75) is 56.2 Å². The van der Waals surface area contributed by atoms with E-state index in [0.29, 0.717) is 11.2 Å². The average molecular weight is 410 g/mol. The smallest absolute Gasteiger partial charge is 0.319 e. The lowest BCUT2D eigenvalue weighted by Gasteiger charge is -2.21. The predicted molar refractivity (Wildman–Crippen MR) is 106 cm³/mol. The van der Waals surface area contributed by atoms with Crippen LogP contribution in [0.5, 0.6) is 0 Å². The topological polar surface area (TPSA) is 87.8 Å². The van der Waals surface area contributed by atoms with E-state index in [4.69, 9.17) is 5.73 Å². The minimum atomic E-state index is -0.877. The number of rotatable bonds is 5. The van der Waals surface area contributed by atoms with E-state index in [1.165, 1.54) is 24.6 Å². The Kier molecular flexibility index (Phi) is 6.88. The van der Waals surface area contributed by atoms with Crippen molar-refractivity contribution in [1.82, 2.24) is 5.32 Å². The standard InChI is InChI=1S/C19H24F2N4O2S/c20-12-7-8-15(14(21)11-12)25(18(22)27)10-9-16-17(26)24-19(28-16)23-13-5-3-1-2-4-6-13/h7-8,11,13,16H,1-6,9-10H2,(H2,22,27)(H,23,24,26). The van der Waals surface area contributed by atoms with Gasteiger partial charge in [0, 0.05) is 12.6 Å². The number of halogens is 2. The fourth-order valence-electron chi connectivity index (χ4n) is 3.50. The van der Waals surface area contributed by atoms with Crippen LogP contribution in [0, 0.1) is 11.6 Å². The van der Waals surface area contributed by atoms with Crippen LogP contribution in [-0.4, -0.2) is 34.9 Å². The van der Waals surface area contributed by atoms with E-state index < -0.39 is 22.9 Å². The van der Waals surface area contributed by atoms with Crippen LogP contribution in [0.15, 0.2) is 23.2 Å². The first kappa shape index (κ1) is 20.6. The molecule has 1 saturated heterocycles. The van der Waals surface area contributed by atoms with Crippen LogP contribution in [0.4, 0.5) is 19.3 Å². The number of carbonyl (C=O) groups excluding carboxylic acids is 2. The van der Waals surface area contributed by atoms with E-state index in [9.17, 15) is 18.4 Å². The summed E-state index contributed by atoms with van der Waals surface area (Å²) in [5.74, 6) is -1.80. The fraction of sp³-hybridized carbons (Fsp3) is 0.526. The molecule has 3 rings (SSSR count). The molecule has 1 unspecified atom stereocenters. The van der Waals surface area contributed by atoms with Gasteiger partial charge in [-0.3, -0.25) is 14.7 Å². The number of nitrogens with one attached hydrogen (secondary N) is 1. The highest BCUT2D eigenvalue weighted by Crippen LogP contribution is 2.27. The minimum Gasteiger partial charge on any atom is -0.351 e. The lowest BCUT2D eigenvalue weighted by Crippen LogP contribution is -2.39. The molecule has 152 valence electrons. The second-order valence-corrected chi connectivity index (χ2v) is 8.24. The molecule has 1 aromatic rings. The summed E-state index contributed by atoms with van der Waals surface area (Å²) in [4.78, 5) is 29.7. The highest BCUT2D eigenvalue weighted by atomic mass is 32.2. The molecule has 2 aliphatic rings. The number of thioether (sulfide) groups is 1. The molecular formula is C19H24F2N4O2S. The van der Waals surface area contributed by atoms with Crippen LogP contribution in [0.1, 0.15) is 44.9 Å². The Labute approximate surface area is 166 Å². The molecule has 1 atom stereocenters. The highest BCUT2D eigenvalue weighted by molar-refractivity contribution is 8.15. The number of benzene rings is 1. The minimum absolute atomic E-state index is 0.0414. The summed E-state index contributed by atoms with van der Waals surface area (Å²) >= 11 is 1.33. The summed E-state index contributed by atoms with van der Waals surface area (Å²) in [6.07, 6.45) is 7.10. The molecule has 3 N–H and O–H groups in total. The van der Waals surface area contributed by atoms with Crippen LogP contribution in [-0.2, 0) is 4.79 Å². The summed E-state index contributed by atoms with van der Waals surface area (Å²) in [6.45, 7) is 0.0414. The molecule has 28 heavy (non-hydrogen) atoms. The third-order valence-corrected chi connectivity index (χ3v) is 6.15. The number of nitrogens with two attached hydrogens (primary N) is 1. The zero-order chi connectivity index (χ0) is 20.1. The van der Waals surface area contributed by atoms with Gasteiger partial charge in [0.25, 0.3) is 0 Å². The number of carbonyl (C=O) groups is 2. The number of aliphatic imine (C=N–C) groups is 1. The van der Waals surface area contributed by atoms with E-state index in [1.807, 2.05) is 0 Å². The molecule has 1 saturated carbocycles. The summed E-state index contributed by atoms with van der Waals surface area (Å²) < 4.78 is 27.1. The molecule has 1 aliphatic carbocycles. The number of hydrogen-bond donors (Lipinski definition) is 2. The van der Waals surface area contributed by atoms with Crippen LogP contribution in [0.25, 0.3) is 0 Å². The Morgan fingerprint density at radius 2 is 1.96 bits per heavy atom. The Morgan fingerprint density at radius 3 is 2.61 bits per heavy atom. The van der Waals surface area contributed by atoms with Crippen LogP contribution < -0.4 is 16.0 Å². The molecule has 0 bridgehead atoms. The third-order valence-electron chi connectivity index (χ3n) is 4.98. The van der Waals surface area contributed by atoms with E-state index in [2.05, 4.69) is 10.3 Å². The molecule has 0 aromatic heterocycles. The Balaban J connectivity index is 1.62. The lowest BCUT2D eigenvalue weighted by molar-refractivity contribution is -0.118. The lowest BCUT2D eigenvalue weighted by atomic mass is 10.1. The maximum Gasteiger partial charge on any atom is 0.319 e. The first-order valence-electron chi connectivity index (χ1n) is 9.51.